The molecule has 0 saturated carbocycles. The van der Waals surface area contributed by atoms with Crippen LogP contribution in [0.25, 0.3) is 5.76 Å². The average Bonchev–Trinajstić information content (AvgIpc) is 2.90. The third-order valence-electron chi connectivity index (χ3n) is 6.69. The minimum Gasteiger partial charge on any atom is -0.506 e. The molecule has 0 spiro atoms. The zero-order valence-corrected chi connectivity index (χ0v) is 25.1. The summed E-state index contributed by atoms with van der Waals surface area (Å²) in [7, 11) is -6.73. The van der Waals surface area contributed by atoms with Crippen molar-refractivity contribution < 1.29 is 41.0 Å². The molecular weight excluding hydrogens is 588 g/mol. The predicted octanol–water partition coefficient (Wildman–Crippen LogP) is 3.13. The van der Waals surface area contributed by atoms with E-state index in [0.29, 0.717) is 12.0 Å². The number of aliphatic hydroxyl groups excluding tert-OH is 1. The van der Waals surface area contributed by atoms with Gasteiger partial charge in [-0.3, -0.25) is 9.52 Å². The van der Waals surface area contributed by atoms with Crippen LogP contribution in [-0.2, 0) is 39.9 Å². The predicted molar refractivity (Wildman–Crippen MR) is 156 cm³/mol. The smallest absolute Gasteiger partial charge is 0.408 e. The number of carbonyl (C=O) groups is 2. The van der Waals surface area contributed by atoms with Crippen LogP contribution < -0.4 is 15.4 Å². The van der Waals surface area contributed by atoms with Gasteiger partial charge in [-0.2, -0.15) is 8.42 Å². The Bertz CT molecular complexity index is 1700. The summed E-state index contributed by atoms with van der Waals surface area (Å²) in [6, 6.07) is 10.2. The Hall–Kier alpha value is -3.95. The number of alkyl carbamates (subject to hydrolysis) is 1. The van der Waals surface area contributed by atoms with Crippen molar-refractivity contribution in [3.63, 3.8) is 0 Å². The summed E-state index contributed by atoms with van der Waals surface area (Å²) >= 11 is 0. The Kier molecular flexibility index (Phi) is 8.66. The molecule has 2 aromatic rings. The molecule has 1 unspecified atom stereocenters. The molecule has 1 heterocycles. The van der Waals surface area contributed by atoms with Crippen LogP contribution in [0.15, 0.2) is 57.3 Å². The molecule has 15 heteroatoms. The number of sulfonamides is 2. The number of anilines is 2. The first kappa shape index (κ1) is 31.0. The van der Waals surface area contributed by atoms with Gasteiger partial charge in [0.25, 0.3) is 10.0 Å². The maximum Gasteiger partial charge on any atom is 0.408 e. The number of amidine groups is 1. The van der Waals surface area contributed by atoms with Gasteiger partial charge >= 0.3 is 6.09 Å². The molecule has 1 aliphatic heterocycles. The van der Waals surface area contributed by atoms with Gasteiger partial charge in [-0.15, -0.1) is 4.40 Å². The van der Waals surface area contributed by atoms with Crippen molar-refractivity contribution in [2.75, 3.05) is 36.6 Å². The number of ketones is 1. The van der Waals surface area contributed by atoms with E-state index in [1.165, 1.54) is 19.2 Å². The lowest BCUT2D eigenvalue weighted by molar-refractivity contribution is -0.122. The summed E-state index contributed by atoms with van der Waals surface area (Å²) in [6.45, 7) is 3.94. The molecule has 0 saturated heterocycles. The zero-order chi connectivity index (χ0) is 30.9. The van der Waals surface area contributed by atoms with E-state index in [9.17, 15) is 31.5 Å². The monoisotopic (exact) mass is 620 g/mol. The van der Waals surface area contributed by atoms with Crippen molar-refractivity contribution in [2.45, 2.75) is 37.1 Å². The van der Waals surface area contributed by atoms with Gasteiger partial charge in [-0.25, -0.2) is 13.2 Å². The van der Waals surface area contributed by atoms with E-state index in [4.69, 9.17) is 9.47 Å². The van der Waals surface area contributed by atoms with Crippen LogP contribution in [0.5, 0.6) is 0 Å². The molecule has 1 aliphatic carbocycles. The lowest BCUT2D eigenvalue weighted by Gasteiger charge is -2.39. The molecule has 2 aromatic carbocycles. The molecule has 4 N–H and O–H groups in total. The number of rotatable bonds is 10. The van der Waals surface area contributed by atoms with E-state index in [1.54, 1.807) is 24.3 Å². The molecule has 226 valence electrons. The van der Waals surface area contributed by atoms with E-state index in [-0.39, 0.29) is 47.4 Å². The van der Waals surface area contributed by atoms with Crippen LogP contribution in [0.3, 0.4) is 0 Å². The molecule has 0 aromatic heterocycles. The fourth-order valence-electron chi connectivity index (χ4n) is 4.77. The third kappa shape index (κ3) is 6.27. The highest BCUT2D eigenvalue weighted by atomic mass is 32.2. The van der Waals surface area contributed by atoms with Crippen molar-refractivity contribution in [2.24, 2.45) is 10.3 Å². The number of carbonyl (C=O) groups excluding carboxylic acids is 2. The third-order valence-corrected chi connectivity index (χ3v) is 8.61. The van der Waals surface area contributed by atoms with Gasteiger partial charge in [-0.05, 0) is 42.5 Å². The van der Waals surface area contributed by atoms with E-state index in [0.717, 1.165) is 12.3 Å². The maximum absolute atomic E-state index is 14.4. The van der Waals surface area contributed by atoms with Gasteiger partial charge in [-0.1, -0.05) is 38.1 Å². The van der Waals surface area contributed by atoms with E-state index in [1.807, 2.05) is 13.8 Å². The van der Waals surface area contributed by atoms with Crippen LogP contribution in [0, 0.1) is 5.92 Å². The van der Waals surface area contributed by atoms with Crippen LogP contribution >= 0.6 is 0 Å². The molecule has 4 rings (SSSR count). The quantitative estimate of drug-likeness (QED) is 0.287. The molecule has 0 radical (unpaired) electrons. The van der Waals surface area contributed by atoms with Crippen LogP contribution in [0.2, 0.25) is 0 Å². The normalized spacial score (nSPS) is 19.4. The van der Waals surface area contributed by atoms with Crippen molar-refractivity contribution in [1.82, 2.24) is 5.32 Å². The SMILES string of the molecule is COCCOC(=O)NC1(CCC(C)C)C(=O)C(C2=NS(=O)(=O)c3cc(NS(C)(=O)=O)ccc3N2)=C(O)c2ccccc21. The number of methoxy groups -OCH3 is 1. The first-order valence-corrected chi connectivity index (χ1v) is 16.3. The number of aliphatic hydroxyl groups is 1. The number of hydrogen-bond donors (Lipinski definition) is 4. The summed E-state index contributed by atoms with van der Waals surface area (Å²) in [6.07, 6.45) is 0.601. The molecule has 0 bridgehead atoms. The van der Waals surface area contributed by atoms with Crippen molar-refractivity contribution >= 4 is 54.9 Å². The molecule has 13 nitrogen and oxygen atoms in total. The Morgan fingerprint density at radius 1 is 1.17 bits per heavy atom. The van der Waals surface area contributed by atoms with Crippen LogP contribution in [-0.4, -0.2) is 66.2 Å². The second-order valence-electron chi connectivity index (χ2n) is 10.3. The maximum atomic E-state index is 14.4. The summed E-state index contributed by atoms with van der Waals surface area (Å²) in [5.74, 6) is -1.65. The number of fused-ring (bicyclic) bond motifs is 2. The highest BCUT2D eigenvalue weighted by Crippen LogP contribution is 2.43. The number of benzene rings is 2. The van der Waals surface area contributed by atoms with Crippen molar-refractivity contribution in [3.05, 3.63) is 59.2 Å². The van der Waals surface area contributed by atoms with Crippen LogP contribution in [0.1, 0.15) is 37.8 Å². The van der Waals surface area contributed by atoms with Crippen molar-refractivity contribution in [1.29, 1.82) is 0 Å². The van der Waals surface area contributed by atoms with Gasteiger partial charge in [0.05, 0.1) is 18.6 Å². The molecule has 2 aliphatic rings. The average molecular weight is 621 g/mol. The molecule has 42 heavy (non-hydrogen) atoms. The summed E-state index contributed by atoms with van der Waals surface area (Å²) in [4.78, 5) is 27.0. The summed E-state index contributed by atoms with van der Waals surface area (Å²) in [5.41, 5.74) is -1.66. The Labute approximate surface area is 244 Å². The minimum atomic E-state index is -4.48. The number of amides is 1. The fraction of sp³-hybridized carbons (Fsp3) is 0.370. The zero-order valence-electron chi connectivity index (χ0n) is 23.4. The first-order chi connectivity index (χ1) is 19.7. The number of nitrogens with zero attached hydrogens (tertiary/aromatic N) is 1. The Balaban J connectivity index is 1.85. The van der Waals surface area contributed by atoms with E-state index >= 15 is 0 Å². The lowest BCUT2D eigenvalue weighted by atomic mass is 9.71. The molecule has 1 atom stereocenters. The number of Topliss-reactive ketones (excluding diaryl/α,β-unsaturated/α-hetero) is 1. The number of nitrogens with one attached hydrogen (secondary N) is 3. The Morgan fingerprint density at radius 2 is 1.88 bits per heavy atom. The first-order valence-electron chi connectivity index (χ1n) is 12.9. The van der Waals surface area contributed by atoms with E-state index in [2.05, 4.69) is 19.8 Å². The Morgan fingerprint density at radius 3 is 2.55 bits per heavy atom. The molecule has 0 fully saturated rings. The second-order valence-corrected chi connectivity index (χ2v) is 13.6. The topological polar surface area (TPSA) is 190 Å². The summed E-state index contributed by atoms with van der Waals surface area (Å²) < 4.78 is 66.0. The second kappa shape index (κ2) is 11.7. The molecule has 1 amide bonds. The summed E-state index contributed by atoms with van der Waals surface area (Å²) in [5, 5.41) is 16.9. The number of ether oxygens (including phenoxy) is 2. The fourth-order valence-corrected chi connectivity index (χ4v) is 6.48. The minimum absolute atomic E-state index is 0.00530. The van der Waals surface area contributed by atoms with Gasteiger partial charge in [0.15, 0.2) is 11.6 Å². The van der Waals surface area contributed by atoms with Gasteiger partial charge in [0.2, 0.25) is 10.0 Å². The lowest BCUT2D eigenvalue weighted by Crippen LogP contribution is -2.56. The van der Waals surface area contributed by atoms with E-state index < -0.39 is 54.6 Å². The van der Waals surface area contributed by atoms with Gasteiger partial charge < -0.3 is 25.2 Å². The standard InChI is InChI=1S/C27H32N4O9S2/c1-16(2)11-12-27(29-26(34)40-14-13-39-3)19-8-6-5-7-18(19)23(32)22(24(27)33)25-28-20-10-9-17(30-41(4,35)36)15-21(20)42(37,38)31-25/h5-10,15-16,30,32H,11-14H2,1-4H3,(H,28,31)(H,29,34). The van der Waals surface area contributed by atoms with Crippen molar-refractivity contribution in [3.8, 4) is 0 Å². The number of hydrogen-bond acceptors (Lipinski definition) is 10. The van der Waals surface area contributed by atoms with Gasteiger partial charge in [0.1, 0.15) is 28.4 Å². The highest BCUT2D eigenvalue weighted by Gasteiger charge is 2.51. The molecular formula is C27H32N4O9S2. The highest BCUT2D eigenvalue weighted by molar-refractivity contribution is 7.92. The largest absolute Gasteiger partial charge is 0.506 e. The van der Waals surface area contributed by atoms with Gasteiger partial charge in [0, 0.05) is 18.4 Å². The van der Waals surface area contributed by atoms with Crippen LogP contribution in [0.4, 0.5) is 16.2 Å².